The predicted octanol–water partition coefficient (Wildman–Crippen LogP) is 3.87. The number of thioether (sulfide) groups is 1. The van der Waals surface area contributed by atoms with E-state index in [4.69, 9.17) is 31.2 Å². The van der Waals surface area contributed by atoms with E-state index < -0.39 is 11.2 Å². The van der Waals surface area contributed by atoms with E-state index in [-0.39, 0.29) is 22.6 Å². The summed E-state index contributed by atoms with van der Waals surface area (Å²) < 4.78 is 21.9. The number of methoxy groups -OCH3 is 3. The second-order valence-corrected chi connectivity index (χ2v) is 8.66. The van der Waals surface area contributed by atoms with E-state index in [2.05, 4.69) is 0 Å². The SMILES string of the molecule is CCOC(=S)S[C@@H]1C(=O)N(c2ccccc2)C(=O)[C@H]1Cc1cc(OC)c(OC)c(OC)c1. The lowest BCUT2D eigenvalue weighted by Crippen LogP contribution is -2.31. The Labute approximate surface area is 197 Å². The highest BCUT2D eigenvalue weighted by molar-refractivity contribution is 8.23. The Bertz CT molecular complexity index is 972. The average molecular weight is 476 g/mol. The Balaban J connectivity index is 1.98. The Hall–Kier alpha value is -2.78. The molecule has 3 rings (SSSR count). The normalized spacial score (nSPS) is 17.9. The second kappa shape index (κ2) is 10.7. The number of imide groups is 1. The quantitative estimate of drug-likeness (QED) is 0.421. The first-order valence-corrected chi connectivity index (χ1v) is 11.3. The van der Waals surface area contributed by atoms with Gasteiger partial charge in [0.05, 0.1) is 39.5 Å². The molecule has 32 heavy (non-hydrogen) atoms. The Kier molecular flexibility index (Phi) is 7.98. The van der Waals surface area contributed by atoms with Crippen LogP contribution in [0.5, 0.6) is 17.2 Å². The summed E-state index contributed by atoms with van der Waals surface area (Å²) in [7, 11) is 4.58. The van der Waals surface area contributed by atoms with Gasteiger partial charge in [-0.25, -0.2) is 4.90 Å². The lowest BCUT2D eigenvalue weighted by atomic mass is 9.96. The molecular formula is C23H25NO6S2. The van der Waals surface area contributed by atoms with E-state index >= 15 is 0 Å². The van der Waals surface area contributed by atoms with Gasteiger partial charge >= 0.3 is 0 Å². The highest BCUT2D eigenvalue weighted by atomic mass is 32.2. The maximum Gasteiger partial charge on any atom is 0.248 e. The minimum absolute atomic E-state index is 0.239. The van der Waals surface area contributed by atoms with Gasteiger partial charge < -0.3 is 18.9 Å². The number of carbonyl (C=O) groups excluding carboxylic acids is 2. The van der Waals surface area contributed by atoms with E-state index in [1.165, 1.54) is 26.2 Å². The van der Waals surface area contributed by atoms with Gasteiger partial charge in [-0.3, -0.25) is 9.59 Å². The number of para-hydroxylation sites is 1. The van der Waals surface area contributed by atoms with Crippen LogP contribution < -0.4 is 19.1 Å². The van der Waals surface area contributed by atoms with Gasteiger partial charge in [-0.05, 0) is 55.4 Å². The monoisotopic (exact) mass is 475 g/mol. The number of hydrogen-bond acceptors (Lipinski definition) is 8. The molecule has 1 aliphatic rings. The number of anilines is 1. The maximum atomic E-state index is 13.4. The van der Waals surface area contributed by atoms with Gasteiger partial charge in [0.2, 0.25) is 21.9 Å². The molecule has 2 aromatic carbocycles. The van der Waals surface area contributed by atoms with Crippen LogP contribution in [-0.4, -0.2) is 49.4 Å². The van der Waals surface area contributed by atoms with Crippen LogP contribution in [0.25, 0.3) is 0 Å². The number of ether oxygens (including phenoxy) is 4. The third-order valence-corrected chi connectivity index (χ3v) is 6.55. The number of hydrogen-bond donors (Lipinski definition) is 0. The van der Waals surface area contributed by atoms with Crippen LogP contribution in [0.1, 0.15) is 12.5 Å². The zero-order chi connectivity index (χ0) is 23.3. The summed E-state index contributed by atoms with van der Waals surface area (Å²) in [5, 5.41) is -0.708. The van der Waals surface area contributed by atoms with Gasteiger partial charge in [0.15, 0.2) is 11.5 Å². The minimum atomic E-state index is -0.708. The van der Waals surface area contributed by atoms with Crippen molar-refractivity contribution in [1.82, 2.24) is 0 Å². The van der Waals surface area contributed by atoms with Crippen LogP contribution in [0.3, 0.4) is 0 Å². The molecular weight excluding hydrogens is 450 g/mol. The summed E-state index contributed by atoms with van der Waals surface area (Å²) in [5.41, 5.74) is 1.30. The molecule has 2 atom stereocenters. The second-order valence-electron chi connectivity index (χ2n) is 6.91. The molecule has 0 aromatic heterocycles. The molecule has 9 heteroatoms. The molecule has 0 bridgehead atoms. The summed E-state index contributed by atoms with van der Waals surface area (Å²) in [5.74, 6) is 0.174. The summed E-state index contributed by atoms with van der Waals surface area (Å²) >= 11 is 6.38. The largest absolute Gasteiger partial charge is 0.493 e. The van der Waals surface area contributed by atoms with Crippen molar-refractivity contribution in [2.45, 2.75) is 18.6 Å². The van der Waals surface area contributed by atoms with E-state index in [9.17, 15) is 9.59 Å². The van der Waals surface area contributed by atoms with Crippen LogP contribution in [-0.2, 0) is 20.7 Å². The standard InChI is InChI=1S/C23H25NO6S2/c1-5-30-23(31)32-20-16(21(25)24(22(20)26)15-9-7-6-8-10-15)11-14-12-17(27-2)19(29-4)18(13-14)28-3/h6-10,12-13,16,20H,5,11H2,1-4H3/t16-,20-/m0/s1. The Morgan fingerprint density at radius 2 is 1.62 bits per heavy atom. The number of carbonyl (C=O) groups is 2. The number of benzene rings is 2. The lowest BCUT2D eigenvalue weighted by molar-refractivity contribution is -0.122. The molecule has 2 amide bonds. The number of nitrogens with zero attached hydrogens (tertiary/aromatic N) is 1. The Morgan fingerprint density at radius 1 is 1.00 bits per heavy atom. The van der Waals surface area contributed by atoms with Crippen LogP contribution in [0, 0.1) is 5.92 Å². The molecule has 0 unspecified atom stereocenters. The van der Waals surface area contributed by atoms with Gasteiger partial charge in [0, 0.05) is 0 Å². The molecule has 0 spiro atoms. The summed E-state index contributed by atoms with van der Waals surface area (Å²) in [6.45, 7) is 2.21. The minimum Gasteiger partial charge on any atom is -0.493 e. The van der Waals surface area contributed by atoms with Gasteiger partial charge in [-0.15, -0.1) is 0 Å². The zero-order valence-corrected chi connectivity index (χ0v) is 20.0. The summed E-state index contributed by atoms with van der Waals surface area (Å²) in [6, 6.07) is 12.4. The molecule has 1 saturated heterocycles. The molecule has 0 aliphatic carbocycles. The van der Waals surface area contributed by atoms with E-state index in [0.29, 0.717) is 29.5 Å². The number of rotatable bonds is 8. The van der Waals surface area contributed by atoms with Crippen molar-refractivity contribution in [3.8, 4) is 17.2 Å². The molecule has 1 aliphatic heterocycles. The fourth-order valence-electron chi connectivity index (χ4n) is 3.62. The first-order chi connectivity index (χ1) is 15.4. The van der Waals surface area contributed by atoms with E-state index in [1.54, 1.807) is 36.4 Å². The van der Waals surface area contributed by atoms with Crippen molar-refractivity contribution < 1.29 is 28.5 Å². The average Bonchev–Trinajstić information content (AvgIpc) is 3.02. The fourth-order valence-corrected chi connectivity index (χ4v) is 5.03. The van der Waals surface area contributed by atoms with Crippen molar-refractivity contribution in [1.29, 1.82) is 0 Å². The highest BCUT2D eigenvalue weighted by Gasteiger charge is 2.49. The predicted molar refractivity (Wildman–Crippen MR) is 128 cm³/mol. The molecule has 2 aromatic rings. The molecule has 170 valence electrons. The fraction of sp³-hybridized carbons (Fsp3) is 0.348. The smallest absolute Gasteiger partial charge is 0.248 e. The van der Waals surface area contributed by atoms with E-state index in [1.807, 2.05) is 13.0 Å². The van der Waals surface area contributed by atoms with Crippen LogP contribution >= 0.6 is 24.0 Å². The molecule has 1 fully saturated rings. The summed E-state index contributed by atoms with van der Waals surface area (Å²) in [6.07, 6.45) is 0.289. The van der Waals surface area contributed by atoms with Crippen molar-refractivity contribution in [2.24, 2.45) is 5.92 Å². The van der Waals surface area contributed by atoms with Crippen molar-refractivity contribution in [2.75, 3.05) is 32.8 Å². The first kappa shape index (κ1) is 23.9. The summed E-state index contributed by atoms with van der Waals surface area (Å²) in [4.78, 5) is 28.0. The molecule has 0 N–H and O–H groups in total. The topological polar surface area (TPSA) is 74.3 Å². The number of amides is 2. The lowest BCUT2D eigenvalue weighted by Gasteiger charge is -2.18. The highest BCUT2D eigenvalue weighted by Crippen LogP contribution is 2.41. The van der Waals surface area contributed by atoms with Gasteiger partial charge in [0.1, 0.15) is 5.25 Å². The van der Waals surface area contributed by atoms with Crippen molar-refractivity contribution in [3.63, 3.8) is 0 Å². The first-order valence-electron chi connectivity index (χ1n) is 10.00. The molecule has 7 nitrogen and oxygen atoms in total. The van der Waals surface area contributed by atoms with E-state index in [0.717, 1.165) is 17.3 Å². The van der Waals surface area contributed by atoms with Crippen molar-refractivity contribution in [3.05, 3.63) is 48.0 Å². The van der Waals surface area contributed by atoms with Gasteiger partial charge in [-0.1, -0.05) is 30.0 Å². The molecule has 1 heterocycles. The van der Waals surface area contributed by atoms with Crippen LogP contribution in [0.15, 0.2) is 42.5 Å². The molecule has 0 saturated carbocycles. The van der Waals surface area contributed by atoms with Crippen LogP contribution in [0.4, 0.5) is 5.69 Å². The van der Waals surface area contributed by atoms with Crippen molar-refractivity contribution >= 4 is 45.9 Å². The van der Waals surface area contributed by atoms with Gasteiger partial charge in [0.25, 0.3) is 0 Å². The zero-order valence-electron chi connectivity index (χ0n) is 18.3. The third kappa shape index (κ3) is 4.83. The Morgan fingerprint density at radius 3 is 2.16 bits per heavy atom. The van der Waals surface area contributed by atoms with Gasteiger partial charge in [-0.2, -0.15) is 0 Å². The van der Waals surface area contributed by atoms with Crippen LogP contribution in [0.2, 0.25) is 0 Å². The number of thiocarbonyl (C=S) groups is 1. The molecule has 0 radical (unpaired) electrons. The maximum absolute atomic E-state index is 13.4. The third-order valence-electron chi connectivity index (χ3n) is 5.05.